The van der Waals surface area contributed by atoms with Crippen molar-refractivity contribution >= 4 is 0 Å². The number of aliphatic hydroxyl groups is 1. The van der Waals surface area contributed by atoms with Crippen molar-refractivity contribution in [2.45, 2.75) is 33.1 Å². The van der Waals surface area contributed by atoms with E-state index in [1.165, 1.54) is 6.07 Å². The van der Waals surface area contributed by atoms with E-state index in [0.29, 0.717) is 11.1 Å². The van der Waals surface area contributed by atoms with Crippen LogP contribution in [0.3, 0.4) is 0 Å². The van der Waals surface area contributed by atoms with E-state index in [4.69, 9.17) is 0 Å². The molecule has 2 aromatic rings. The molecule has 0 saturated heterocycles. The first-order chi connectivity index (χ1) is 9.71. The van der Waals surface area contributed by atoms with Gasteiger partial charge in [-0.25, -0.2) is 0 Å². The maximum atomic E-state index is 12.7. The van der Waals surface area contributed by atoms with Gasteiger partial charge in [0.1, 0.15) is 6.10 Å². The first-order valence-electron chi connectivity index (χ1n) is 6.63. The summed E-state index contributed by atoms with van der Waals surface area (Å²) >= 11 is 0. The zero-order valence-electron chi connectivity index (χ0n) is 12.1. The average molecular weight is 294 g/mol. The fourth-order valence-electron chi connectivity index (χ4n) is 2.40. The van der Waals surface area contributed by atoms with Crippen LogP contribution in [0.25, 0.3) is 0 Å². The van der Waals surface area contributed by atoms with Gasteiger partial charge < -0.3 is 5.11 Å². The Morgan fingerprint density at radius 2 is 1.57 bits per heavy atom. The van der Waals surface area contributed by atoms with Crippen molar-refractivity contribution in [3.63, 3.8) is 0 Å². The standard InChI is InChI=1S/C17H17F3O/c1-10-5-4-6-15(12(10)3)16(21)14-8-7-13(9-11(14)2)17(18,19)20/h4-9,16,21H,1-3H3. The minimum Gasteiger partial charge on any atom is -0.384 e. The molecule has 2 rings (SSSR count). The number of benzene rings is 2. The summed E-state index contributed by atoms with van der Waals surface area (Å²) in [5, 5.41) is 10.5. The van der Waals surface area contributed by atoms with Crippen LogP contribution >= 0.6 is 0 Å². The molecule has 112 valence electrons. The van der Waals surface area contributed by atoms with Gasteiger partial charge in [0.15, 0.2) is 0 Å². The van der Waals surface area contributed by atoms with Crippen molar-refractivity contribution in [1.29, 1.82) is 0 Å². The molecule has 4 heteroatoms. The van der Waals surface area contributed by atoms with Crippen molar-refractivity contribution in [1.82, 2.24) is 0 Å². The number of aryl methyl sites for hydroxylation is 2. The van der Waals surface area contributed by atoms with Crippen molar-refractivity contribution in [3.8, 4) is 0 Å². The van der Waals surface area contributed by atoms with Crippen LogP contribution in [0.2, 0.25) is 0 Å². The summed E-state index contributed by atoms with van der Waals surface area (Å²) in [6, 6.07) is 9.00. The Labute approximate surface area is 122 Å². The first kappa shape index (κ1) is 15.6. The summed E-state index contributed by atoms with van der Waals surface area (Å²) in [7, 11) is 0. The highest BCUT2D eigenvalue weighted by molar-refractivity contribution is 5.43. The van der Waals surface area contributed by atoms with Crippen LogP contribution in [0.5, 0.6) is 0 Å². The average Bonchev–Trinajstić information content (AvgIpc) is 2.40. The molecule has 1 atom stereocenters. The van der Waals surface area contributed by atoms with Gasteiger partial charge in [0.2, 0.25) is 0 Å². The predicted molar refractivity (Wildman–Crippen MR) is 76.2 cm³/mol. The molecule has 0 fully saturated rings. The van der Waals surface area contributed by atoms with Gasteiger partial charge in [-0.2, -0.15) is 13.2 Å². The first-order valence-corrected chi connectivity index (χ1v) is 6.63. The molecule has 0 aliphatic heterocycles. The van der Waals surface area contributed by atoms with Crippen molar-refractivity contribution in [2.75, 3.05) is 0 Å². The molecule has 0 aromatic heterocycles. The van der Waals surface area contributed by atoms with Gasteiger partial charge in [-0.15, -0.1) is 0 Å². The van der Waals surface area contributed by atoms with Crippen molar-refractivity contribution in [2.24, 2.45) is 0 Å². The molecule has 1 unspecified atom stereocenters. The van der Waals surface area contributed by atoms with Crippen LogP contribution in [-0.4, -0.2) is 5.11 Å². The summed E-state index contributed by atoms with van der Waals surface area (Å²) in [4.78, 5) is 0. The van der Waals surface area contributed by atoms with Gasteiger partial charge in [-0.05, 0) is 60.7 Å². The van der Waals surface area contributed by atoms with Gasteiger partial charge in [-0.1, -0.05) is 24.3 Å². The molecule has 0 amide bonds. The lowest BCUT2D eigenvalue weighted by Crippen LogP contribution is -2.09. The second-order valence-electron chi connectivity index (χ2n) is 5.26. The zero-order valence-corrected chi connectivity index (χ0v) is 12.1. The molecule has 1 N–H and O–H groups in total. The van der Waals surface area contributed by atoms with Crippen LogP contribution in [0.4, 0.5) is 13.2 Å². The zero-order chi connectivity index (χ0) is 15.8. The summed E-state index contributed by atoms with van der Waals surface area (Å²) in [5.41, 5.74) is 2.94. The number of halogens is 3. The van der Waals surface area contributed by atoms with Crippen LogP contribution in [-0.2, 0) is 6.18 Å². The van der Waals surface area contributed by atoms with E-state index >= 15 is 0 Å². The predicted octanol–water partition coefficient (Wildman–Crippen LogP) is 4.71. The van der Waals surface area contributed by atoms with Crippen LogP contribution in [0.1, 0.15) is 39.5 Å². The number of hydrogen-bond acceptors (Lipinski definition) is 1. The van der Waals surface area contributed by atoms with E-state index in [1.807, 2.05) is 26.0 Å². The lowest BCUT2D eigenvalue weighted by Gasteiger charge is -2.19. The quantitative estimate of drug-likeness (QED) is 0.850. The molecular weight excluding hydrogens is 277 g/mol. The Bertz CT molecular complexity index is 660. The SMILES string of the molecule is Cc1cc(C(F)(F)F)ccc1C(O)c1cccc(C)c1C. The summed E-state index contributed by atoms with van der Waals surface area (Å²) < 4.78 is 38.0. The van der Waals surface area contributed by atoms with E-state index in [1.54, 1.807) is 13.0 Å². The van der Waals surface area contributed by atoms with Gasteiger partial charge in [0.05, 0.1) is 5.56 Å². The number of aliphatic hydroxyl groups excluding tert-OH is 1. The second kappa shape index (κ2) is 5.53. The van der Waals surface area contributed by atoms with E-state index in [2.05, 4.69) is 0 Å². The molecule has 0 spiro atoms. The van der Waals surface area contributed by atoms with E-state index in [0.717, 1.165) is 28.8 Å². The third-order valence-electron chi connectivity index (χ3n) is 3.83. The summed E-state index contributed by atoms with van der Waals surface area (Å²) in [5.74, 6) is 0. The molecule has 0 saturated carbocycles. The third-order valence-corrected chi connectivity index (χ3v) is 3.83. The monoisotopic (exact) mass is 294 g/mol. The molecule has 0 heterocycles. The van der Waals surface area contributed by atoms with Gasteiger partial charge >= 0.3 is 6.18 Å². The molecule has 0 radical (unpaired) electrons. The highest BCUT2D eigenvalue weighted by atomic mass is 19.4. The Balaban J connectivity index is 2.45. The van der Waals surface area contributed by atoms with Crippen LogP contribution in [0.15, 0.2) is 36.4 Å². The lowest BCUT2D eigenvalue weighted by atomic mass is 9.92. The fraction of sp³-hybridized carbons (Fsp3) is 0.294. The minimum atomic E-state index is -4.37. The number of rotatable bonds is 2. The van der Waals surface area contributed by atoms with Crippen molar-refractivity contribution in [3.05, 3.63) is 69.8 Å². The molecule has 2 aromatic carbocycles. The molecule has 21 heavy (non-hydrogen) atoms. The minimum absolute atomic E-state index is 0.429. The van der Waals surface area contributed by atoms with Gasteiger partial charge in [-0.3, -0.25) is 0 Å². The Hall–Kier alpha value is -1.81. The van der Waals surface area contributed by atoms with Crippen LogP contribution < -0.4 is 0 Å². The molecular formula is C17H17F3O. The maximum absolute atomic E-state index is 12.7. The number of alkyl halides is 3. The fourth-order valence-corrected chi connectivity index (χ4v) is 2.40. The van der Waals surface area contributed by atoms with Crippen molar-refractivity contribution < 1.29 is 18.3 Å². The third kappa shape index (κ3) is 3.10. The highest BCUT2D eigenvalue weighted by Gasteiger charge is 2.31. The van der Waals surface area contributed by atoms with Crippen LogP contribution in [0, 0.1) is 20.8 Å². The Morgan fingerprint density at radius 1 is 0.905 bits per heavy atom. The Kier molecular flexibility index (Phi) is 4.10. The summed E-state index contributed by atoms with van der Waals surface area (Å²) in [6.45, 7) is 5.41. The molecule has 0 aliphatic carbocycles. The highest BCUT2D eigenvalue weighted by Crippen LogP contribution is 2.34. The second-order valence-corrected chi connectivity index (χ2v) is 5.26. The lowest BCUT2D eigenvalue weighted by molar-refractivity contribution is -0.137. The number of hydrogen-bond donors (Lipinski definition) is 1. The Morgan fingerprint density at radius 3 is 2.14 bits per heavy atom. The van der Waals surface area contributed by atoms with E-state index in [9.17, 15) is 18.3 Å². The van der Waals surface area contributed by atoms with E-state index < -0.39 is 17.8 Å². The van der Waals surface area contributed by atoms with Gasteiger partial charge in [0.25, 0.3) is 0 Å². The largest absolute Gasteiger partial charge is 0.416 e. The normalized spacial score (nSPS) is 13.3. The molecule has 0 aliphatic rings. The summed E-state index contributed by atoms with van der Waals surface area (Å²) in [6.07, 6.45) is -5.29. The van der Waals surface area contributed by atoms with E-state index in [-0.39, 0.29) is 0 Å². The smallest absolute Gasteiger partial charge is 0.384 e. The maximum Gasteiger partial charge on any atom is 0.416 e. The molecule has 0 bridgehead atoms. The van der Waals surface area contributed by atoms with Gasteiger partial charge in [0, 0.05) is 0 Å². The topological polar surface area (TPSA) is 20.2 Å². The molecule has 1 nitrogen and oxygen atoms in total.